The molecule has 0 aliphatic rings. The molecular formula is C19H19ClN4O2S. The minimum atomic E-state index is -0.162. The summed E-state index contributed by atoms with van der Waals surface area (Å²) in [5, 5.41) is 7.25. The van der Waals surface area contributed by atoms with Gasteiger partial charge >= 0.3 is 0 Å². The summed E-state index contributed by atoms with van der Waals surface area (Å²) in [4.78, 5) is 21.8. The van der Waals surface area contributed by atoms with Gasteiger partial charge in [-0.2, -0.15) is 0 Å². The average molecular weight is 403 g/mol. The van der Waals surface area contributed by atoms with Crippen LogP contribution in [0.1, 0.15) is 33.9 Å². The minimum absolute atomic E-state index is 0.140. The molecule has 1 amide bonds. The van der Waals surface area contributed by atoms with E-state index in [1.165, 1.54) is 11.3 Å². The summed E-state index contributed by atoms with van der Waals surface area (Å²) in [7, 11) is 1.62. The first-order valence-electron chi connectivity index (χ1n) is 8.27. The fourth-order valence-corrected chi connectivity index (χ4v) is 3.45. The van der Waals surface area contributed by atoms with Crippen LogP contribution in [0.2, 0.25) is 5.02 Å². The van der Waals surface area contributed by atoms with Gasteiger partial charge in [-0.3, -0.25) is 4.79 Å². The van der Waals surface area contributed by atoms with Gasteiger partial charge < -0.3 is 15.4 Å². The van der Waals surface area contributed by atoms with Crippen LogP contribution in [0.15, 0.2) is 42.6 Å². The molecule has 1 aromatic carbocycles. The standard InChI is InChI=1S/C19H19ClN4O2S/c1-11(13-4-7-15(26-3)8-5-13)22-18(25)17-12(2)23-19(27-17)24-16-9-6-14(20)10-21-16/h4-11H,1-3H3,(H,22,25)(H,21,23,24). The molecule has 0 radical (unpaired) electrons. The third-order valence-electron chi connectivity index (χ3n) is 3.93. The van der Waals surface area contributed by atoms with E-state index in [2.05, 4.69) is 20.6 Å². The Balaban J connectivity index is 1.68. The van der Waals surface area contributed by atoms with Crippen LogP contribution in [0.3, 0.4) is 0 Å². The molecule has 6 nitrogen and oxygen atoms in total. The number of nitrogens with one attached hydrogen (secondary N) is 2. The van der Waals surface area contributed by atoms with Gasteiger partial charge in [0.2, 0.25) is 0 Å². The van der Waals surface area contributed by atoms with Crippen molar-refractivity contribution < 1.29 is 9.53 Å². The van der Waals surface area contributed by atoms with Crippen molar-refractivity contribution in [1.29, 1.82) is 0 Å². The number of carbonyl (C=O) groups excluding carboxylic acids is 1. The third kappa shape index (κ3) is 4.75. The first kappa shape index (κ1) is 19.1. The van der Waals surface area contributed by atoms with E-state index in [1.807, 2.05) is 38.1 Å². The summed E-state index contributed by atoms with van der Waals surface area (Å²) < 4.78 is 5.16. The largest absolute Gasteiger partial charge is 0.497 e. The molecular weight excluding hydrogens is 384 g/mol. The number of halogens is 1. The van der Waals surface area contributed by atoms with Gasteiger partial charge in [0.15, 0.2) is 5.13 Å². The zero-order valence-corrected chi connectivity index (χ0v) is 16.7. The van der Waals surface area contributed by atoms with Crippen molar-refractivity contribution in [2.24, 2.45) is 0 Å². The Hall–Kier alpha value is -2.64. The number of aromatic nitrogens is 2. The lowest BCUT2D eigenvalue weighted by molar-refractivity contribution is 0.0943. The number of thiazole rings is 1. The molecule has 0 fully saturated rings. The van der Waals surface area contributed by atoms with E-state index < -0.39 is 0 Å². The van der Waals surface area contributed by atoms with Gasteiger partial charge in [0.1, 0.15) is 16.4 Å². The normalized spacial score (nSPS) is 11.7. The van der Waals surface area contributed by atoms with Crippen molar-refractivity contribution in [1.82, 2.24) is 15.3 Å². The average Bonchev–Trinajstić information content (AvgIpc) is 3.04. The predicted molar refractivity (Wildman–Crippen MR) is 108 cm³/mol. The highest BCUT2D eigenvalue weighted by atomic mass is 35.5. The zero-order valence-electron chi connectivity index (χ0n) is 15.1. The van der Waals surface area contributed by atoms with Crippen LogP contribution in [0.5, 0.6) is 5.75 Å². The fraction of sp³-hybridized carbons (Fsp3) is 0.211. The van der Waals surface area contributed by atoms with Crippen molar-refractivity contribution >= 4 is 39.8 Å². The second kappa shape index (κ2) is 8.37. The second-order valence-electron chi connectivity index (χ2n) is 5.89. The van der Waals surface area contributed by atoms with Gasteiger partial charge in [-0.15, -0.1) is 0 Å². The molecule has 1 unspecified atom stereocenters. The number of ether oxygens (including phenoxy) is 1. The van der Waals surface area contributed by atoms with E-state index in [0.29, 0.717) is 26.5 Å². The molecule has 1 atom stereocenters. The number of carbonyl (C=O) groups is 1. The number of aryl methyl sites for hydroxylation is 1. The summed E-state index contributed by atoms with van der Waals surface area (Å²) in [6, 6.07) is 11.0. The van der Waals surface area contributed by atoms with Crippen LogP contribution in [-0.4, -0.2) is 23.0 Å². The maximum absolute atomic E-state index is 12.7. The van der Waals surface area contributed by atoms with E-state index in [4.69, 9.17) is 16.3 Å². The highest BCUT2D eigenvalue weighted by Crippen LogP contribution is 2.26. The summed E-state index contributed by atoms with van der Waals surface area (Å²) >= 11 is 7.12. The summed E-state index contributed by atoms with van der Waals surface area (Å²) in [6.07, 6.45) is 1.55. The van der Waals surface area contributed by atoms with Crippen LogP contribution >= 0.6 is 22.9 Å². The predicted octanol–water partition coefficient (Wildman–Crippen LogP) is 4.74. The maximum Gasteiger partial charge on any atom is 0.263 e. The number of hydrogen-bond donors (Lipinski definition) is 2. The van der Waals surface area contributed by atoms with Crippen molar-refractivity contribution in [3.63, 3.8) is 0 Å². The SMILES string of the molecule is COc1ccc(C(C)NC(=O)c2sc(Nc3ccc(Cl)cn3)nc2C)cc1. The fourth-order valence-electron chi connectivity index (χ4n) is 2.46. The van der Waals surface area contributed by atoms with E-state index >= 15 is 0 Å². The van der Waals surface area contributed by atoms with Gasteiger partial charge in [-0.25, -0.2) is 9.97 Å². The number of nitrogens with zero attached hydrogens (tertiary/aromatic N) is 2. The molecule has 0 saturated carbocycles. The van der Waals surface area contributed by atoms with Gasteiger partial charge in [-0.1, -0.05) is 35.1 Å². The number of methoxy groups -OCH3 is 1. The molecule has 0 spiro atoms. The quantitative estimate of drug-likeness (QED) is 0.622. The van der Waals surface area contributed by atoms with Crippen LogP contribution in [0.4, 0.5) is 10.9 Å². The van der Waals surface area contributed by atoms with Gasteiger partial charge in [-0.05, 0) is 43.7 Å². The molecule has 27 heavy (non-hydrogen) atoms. The molecule has 2 aromatic heterocycles. The highest BCUT2D eigenvalue weighted by Gasteiger charge is 2.18. The van der Waals surface area contributed by atoms with E-state index in [1.54, 1.807) is 25.4 Å². The number of pyridine rings is 1. The van der Waals surface area contributed by atoms with E-state index in [9.17, 15) is 4.79 Å². The number of hydrogen-bond acceptors (Lipinski definition) is 6. The number of amides is 1. The molecule has 0 saturated heterocycles. The molecule has 3 aromatic rings. The molecule has 8 heteroatoms. The Kier molecular flexibility index (Phi) is 5.93. The topological polar surface area (TPSA) is 76.1 Å². The van der Waals surface area contributed by atoms with Crippen LogP contribution < -0.4 is 15.4 Å². The lowest BCUT2D eigenvalue weighted by Crippen LogP contribution is -2.26. The van der Waals surface area contributed by atoms with Crippen LogP contribution in [0.25, 0.3) is 0 Å². The van der Waals surface area contributed by atoms with E-state index in [0.717, 1.165) is 11.3 Å². The third-order valence-corrected chi connectivity index (χ3v) is 5.22. The van der Waals surface area contributed by atoms with Crippen LogP contribution in [-0.2, 0) is 0 Å². The maximum atomic E-state index is 12.7. The van der Waals surface area contributed by atoms with Gasteiger partial charge in [0.05, 0.1) is 23.9 Å². The monoisotopic (exact) mass is 402 g/mol. The molecule has 2 heterocycles. The molecule has 2 N–H and O–H groups in total. The first-order chi connectivity index (χ1) is 13.0. The Labute approximate surface area is 166 Å². The molecule has 0 bridgehead atoms. The lowest BCUT2D eigenvalue weighted by Gasteiger charge is -2.14. The van der Waals surface area contributed by atoms with Gasteiger partial charge in [0.25, 0.3) is 5.91 Å². The second-order valence-corrected chi connectivity index (χ2v) is 7.32. The Morgan fingerprint density at radius 2 is 1.96 bits per heavy atom. The highest BCUT2D eigenvalue weighted by molar-refractivity contribution is 7.17. The lowest BCUT2D eigenvalue weighted by atomic mass is 10.1. The molecule has 0 aliphatic heterocycles. The van der Waals surface area contributed by atoms with Gasteiger partial charge in [0, 0.05) is 6.20 Å². The number of anilines is 2. The summed E-state index contributed by atoms with van der Waals surface area (Å²) in [5.74, 6) is 1.24. The molecule has 140 valence electrons. The smallest absolute Gasteiger partial charge is 0.263 e. The van der Waals surface area contributed by atoms with Crippen molar-refractivity contribution in [3.8, 4) is 5.75 Å². The Morgan fingerprint density at radius 1 is 1.22 bits per heavy atom. The van der Waals surface area contributed by atoms with Crippen LogP contribution in [0, 0.1) is 6.92 Å². The molecule has 3 rings (SSSR count). The first-order valence-corrected chi connectivity index (χ1v) is 9.46. The Bertz CT molecular complexity index is 926. The Morgan fingerprint density at radius 3 is 2.59 bits per heavy atom. The summed E-state index contributed by atoms with van der Waals surface area (Å²) in [5.41, 5.74) is 1.66. The number of rotatable bonds is 6. The zero-order chi connectivity index (χ0) is 19.4. The van der Waals surface area contributed by atoms with Crippen molar-refractivity contribution in [2.45, 2.75) is 19.9 Å². The molecule has 0 aliphatic carbocycles. The summed E-state index contributed by atoms with van der Waals surface area (Å²) in [6.45, 7) is 3.75. The minimum Gasteiger partial charge on any atom is -0.497 e. The van der Waals surface area contributed by atoms with Crippen molar-refractivity contribution in [2.75, 3.05) is 12.4 Å². The number of benzene rings is 1. The van der Waals surface area contributed by atoms with Crippen molar-refractivity contribution in [3.05, 3.63) is 63.8 Å². The van der Waals surface area contributed by atoms with E-state index in [-0.39, 0.29) is 11.9 Å².